The Bertz CT molecular complexity index is 977. The van der Waals surface area contributed by atoms with Crippen molar-refractivity contribution >= 4 is 11.8 Å². The maximum atomic E-state index is 13.7. The highest BCUT2D eigenvalue weighted by Gasteiger charge is 2.12. The van der Waals surface area contributed by atoms with Crippen LogP contribution in [0, 0.1) is 5.82 Å². The first-order valence-corrected chi connectivity index (χ1v) is 9.42. The van der Waals surface area contributed by atoms with Crippen molar-refractivity contribution in [1.29, 1.82) is 0 Å². The predicted molar refractivity (Wildman–Crippen MR) is 109 cm³/mol. The van der Waals surface area contributed by atoms with Crippen molar-refractivity contribution in [2.75, 3.05) is 6.54 Å². The molecule has 2 N–H and O–H groups in total. The molecule has 1 heterocycles. The Balaban J connectivity index is 1.50. The Hall–Kier alpha value is -3.54. The topological polar surface area (TPSA) is 71.1 Å². The van der Waals surface area contributed by atoms with Crippen LogP contribution in [0.5, 0.6) is 0 Å². The summed E-state index contributed by atoms with van der Waals surface area (Å²) in [6, 6.07) is 17.8. The van der Waals surface area contributed by atoms with Gasteiger partial charge in [0, 0.05) is 31.0 Å². The number of aromatic nitrogens is 1. The van der Waals surface area contributed by atoms with Gasteiger partial charge in [-0.05, 0) is 30.5 Å². The van der Waals surface area contributed by atoms with Crippen LogP contribution in [0.15, 0.2) is 73.1 Å². The van der Waals surface area contributed by atoms with Gasteiger partial charge in [0.25, 0.3) is 11.8 Å². The van der Waals surface area contributed by atoms with E-state index in [1.807, 2.05) is 18.2 Å². The van der Waals surface area contributed by atoms with Gasteiger partial charge < -0.3 is 10.6 Å². The molecule has 0 unspecified atom stereocenters. The summed E-state index contributed by atoms with van der Waals surface area (Å²) in [6.07, 6.45) is 4.48. The first-order valence-electron chi connectivity index (χ1n) is 9.42. The summed E-state index contributed by atoms with van der Waals surface area (Å²) >= 11 is 0. The number of halogens is 1. The number of benzene rings is 2. The molecule has 0 saturated heterocycles. The Morgan fingerprint density at radius 2 is 1.52 bits per heavy atom. The summed E-state index contributed by atoms with van der Waals surface area (Å²) in [5.74, 6) is -1.08. The lowest BCUT2D eigenvalue weighted by molar-refractivity contribution is 0.0950. The van der Waals surface area contributed by atoms with Crippen molar-refractivity contribution in [1.82, 2.24) is 15.6 Å². The van der Waals surface area contributed by atoms with Gasteiger partial charge in [0.1, 0.15) is 5.82 Å². The highest BCUT2D eigenvalue weighted by atomic mass is 19.1. The van der Waals surface area contributed by atoms with Crippen LogP contribution in [-0.2, 0) is 13.0 Å². The summed E-state index contributed by atoms with van der Waals surface area (Å²) in [5.41, 5.74) is 2.17. The summed E-state index contributed by atoms with van der Waals surface area (Å²) < 4.78 is 13.7. The molecule has 0 aliphatic carbocycles. The van der Waals surface area contributed by atoms with Crippen LogP contribution in [0.3, 0.4) is 0 Å². The predicted octanol–water partition coefficient (Wildman–Crippen LogP) is 3.51. The molecule has 0 spiro atoms. The van der Waals surface area contributed by atoms with Crippen molar-refractivity contribution in [2.45, 2.75) is 19.4 Å². The maximum Gasteiger partial charge on any atom is 0.253 e. The van der Waals surface area contributed by atoms with Gasteiger partial charge in [-0.25, -0.2) is 4.39 Å². The number of aryl methyl sites for hydroxylation is 1. The van der Waals surface area contributed by atoms with E-state index in [0.29, 0.717) is 17.7 Å². The second-order valence-corrected chi connectivity index (χ2v) is 6.58. The SMILES string of the molecule is O=C(NCCCc1ccccc1)c1cncc(C(=O)NCc2ccccc2F)c1. The fraction of sp³-hybridized carbons (Fsp3) is 0.174. The van der Waals surface area contributed by atoms with Crippen LogP contribution in [0.25, 0.3) is 0 Å². The van der Waals surface area contributed by atoms with Crippen molar-refractivity contribution in [3.05, 3.63) is 101 Å². The molecule has 0 aliphatic heterocycles. The van der Waals surface area contributed by atoms with Gasteiger partial charge in [-0.1, -0.05) is 48.5 Å². The molecular weight excluding hydrogens is 369 g/mol. The first kappa shape index (κ1) is 20.2. The highest BCUT2D eigenvalue weighted by molar-refractivity contribution is 5.99. The minimum atomic E-state index is -0.417. The molecule has 6 heteroatoms. The zero-order chi connectivity index (χ0) is 20.5. The van der Waals surface area contributed by atoms with Crippen LogP contribution >= 0.6 is 0 Å². The molecule has 29 heavy (non-hydrogen) atoms. The fourth-order valence-corrected chi connectivity index (χ4v) is 2.85. The molecule has 2 amide bonds. The number of nitrogens with zero attached hydrogens (tertiary/aromatic N) is 1. The zero-order valence-electron chi connectivity index (χ0n) is 15.9. The van der Waals surface area contributed by atoms with Gasteiger partial charge in [0.15, 0.2) is 0 Å². The summed E-state index contributed by atoms with van der Waals surface area (Å²) in [7, 11) is 0. The Labute approximate surface area is 169 Å². The smallest absolute Gasteiger partial charge is 0.253 e. The molecule has 0 saturated carbocycles. The van der Waals surface area contributed by atoms with Crippen LogP contribution in [0.4, 0.5) is 4.39 Å². The van der Waals surface area contributed by atoms with Crippen molar-refractivity contribution in [3.63, 3.8) is 0 Å². The third-order valence-electron chi connectivity index (χ3n) is 4.43. The number of amides is 2. The molecule has 3 aromatic rings. The molecular formula is C23H22FN3O2. The number of hydrogen-bond acceptors (Lipinski definition) is 3. The van der Waals surface area contributed by atoms with Crippen LogP contribution < -0.4 is 10.6 Å². The lowest BCUT2D eigenvalue weighted by atomic mass is 10.1. The van der Waals surface area contributed by atoms with E-state index in [-0.39, 0.29) is 23.8 Å². The molecule has 1 aromatic heterocycles. The number of carbonyl (C=O) groups is 2. The second kappa shape index (κ2) is 10.1. The van der Waals surface area contributed by atoms with E-state index < -0.39 is 5.91 Å². The quantitative estimate of drug-likeness (QED) is 0.577. The molecule has 0 bridgehead atoms. The number of nitrogens with one attached hydrogen (secondary N) is 2. The van der Waals surface area contributed by atoms with Gasteiger partial charge in [-0.15, -0.1) is 0 Å². The molecule has 5 nitrogen and oxygen atoms in total. The normalized spacial score (nSPS) is 10.4. The van der Waals surface area contributed by atoms with Gasteiger partial charge in [0.05, 0.1) is 11.1 Å². The number of hydrogen-bond donors (Lipinski definition) is 2. The van der Waals surface area contributed by atoms with E-state index in [9.17, 15) is 14.0 Å². The largest absolute Gasteiger partial charge is 0.352 e. The van der Waals surface area contributed by atoms with E-state index >= 15 is 0 Å². The van der Waals surface area contributed by atoms with Crippen LogP contribution in [0.2, 0.25) is 0 Å². The fourth-order valence-electron chi connectivity index (χ4n) is 2.85. The maximum absolute atomic E-state index is 13.7. The lowest BCUT2D eigenvalue weighted by Gasteiger charge is -2.08. The molecule has 0 fully saturated rings. The average Bonchev–Trinajstić information content (AvgIpc) is 2.76. The van der Waals surface area contributed by atoms with Crippen LogP contribution in [-0.4, -0.2) is 23.3 Å². The van der Waals surface area contributed by atoms with E-state index in [2.05, 4.69) is 27.8 Å². The van der Waals surface area contributed by atoms with Gasteiger partial charge in [-0.3, -0.25) is 14.6 Å². The minimum Gasteiger partial charge on any atom is -0.352 e. The summed E-state index contributed by atoms with van der Waals surface area (Å²) in [5, 5.41) is 5.48. The minimum absolute atomic E-state index is 0.0570. The van der Waals surface area contributed by atoms with Crippen molar-refractivity contribution in [2.24, 2.45) is 0 Å². The molecule has 0 aliphatic rings. The monoisotopic (exact) mass is 391 g/mol. The average molecular weight is 391 g/mol. The molecule has 0 radical (unpaired) electrons. The zero-order valence-corrected chi connectivity index (χ0v) is 15.9. The van der Waals surface area contributed by atoms with Crippen molar-refractivity contribution < 1.29 is 14.0 Å². The van der Waals surface area contributed by atoms with E-state index in [1.165, 1.54) is 30.1 Å². The number of carbonyl (C=O) groups excluding carboxylic acids is 2. The van der Waals surface area contributed by atoms with Crippen molar-refractivity contribution in [3.8, 4) is 0 Å². The molecule has 148 valence electrons. The van der Waals surface area contributed by atoms with Crippen LogP contribution in [0.1, 0.15) is 38.3 Å². The van der Waals surface area contributed by atoms with E-state index in [4.69, 9.17) is 0 Å². The molecule has 0 atom stereocenters. The Morgan fingerprint density at radius 3 is 2.24 bits per heavy atom. The lowest BCUT2D eigenvalue weighted by Crippen LogP contribution is -2.27. The third kappa shape index (κ3) is 5.97. The third-order valence-corrected chi connectivity index (χ3v) is 4.43. The van der Waals surface area contributed by atoms with Gasteiger partial charge >= 0.3 is 0 Å². The standard InChI is InChI=1S/C23H22FN3O2/c24-21-11-5-4-10-18(21)16-27-23(29)20-13-19(14-25-15-20)22(28)26-12-6-9-17-7-2-1-3-8-17/h1-5,7-8,10-11,13-15H,6,9,12,16H2,(H,26,28)(H,27,29). The van der Waals surface area contributed by atoms with E-state index in [0.717, 1.165) is 12.8 Å². The van der Waals surface area contributed by atoms with E-state index in [1.54, 1.807) is 18.2 Å². The Morgan fingerprint density at radius 1 is 0.862 bits per heavy atom. The van der Waals surface area contributed by atoms with Gasteiger partial charge in [-0.2, -0.15) is 0 Å². The molecule has 3 rings (SSSR count). The summed E-state index contributed by atoms with van der Waals surface area (Å²) in [4.78, 5) is 28.6. The number of rotatable bonds is 8. The second-order valence-electron chi connectivity index (χ2n) is 6.58. The number of pyridine rings is 1. The summed E-state index contributed by atoms with van der Waals surface area (Å²) in [6.45, 7) is 0.582. The highest BCUT2D eigenvalue weighted by Crippen LogP contribution is 2.08. The first-order chi connectivity index (χ1) is 14.1. The Kier molecular flexibility index (Phi) is 7.05. The molecule has 2 aromatic carbocycles. The van der Waals surface area contributed by atoms with Gasteiger partial charge in [0.2, 0.25) is 0 Å².